The van der Waals surface area contributed by atoms with Gasteiger partial charge < -0.3 is 19.9 Å². The normalized spacial score (nSPS) is 10.3. The Labute approximate surface area is 145 Å². The monoisotopic (exact) mass is 337 g/mol. The fraction of sp³-hybridized carbons (Fsp3) is 0.167. The van der Waals surface area contributed by atoms with Crippen molar-refractivity contribution in [1.82, 2.24) is 20.1 Å². The predicted molar refractivity (Wildman–Crippen MR) is 95.2 cm³/mol. The van der Waals surface area contributed by atoms with E-state index in [9.17, 15) is 4.79 Å². The van der Waals surface area contributed by atoms with Gasteiger partial charge in [-0.1, -0.05) is 6.07 Å². The second-order valence-electron chi connectivity index (χ2n) is 5.28. The molecular formula is C18H19N5O2. The lowest BCUT2D eigenvalue weighted by molar-refractivity contribution is 0.0955. The molecule has 0 saturated heterocycles. The maximum Gasteiger partial charge on any atom is 0.251 e. The second-order valence-corrected chi connectivity index (χ2v) is 5.28. The molecule has 128 valence electrons. The van der Waals surface area contributed by atoms with E-state index in [1.807, 2.05) is 41.2 Å². The third kappa shape index (κ3) is 4.35. The van der Waals surface area contributed by atoms with Gasteiger partial charge in [-0.05, 0) is 42.5 Å². The topological polar surface area (TPSA) is 81.1 Å². The molecule has 0 atom stereocenters. The standard InChI is InChI=1S/C18H19N5O2/c1-25-15-6-4-5-14(13-15)18(24)20-10-9-19-16-7-8-17(22-21-16)23-11-2-3-12-23/h2-8,11-13H,9-10H2,1H3,(H,19,21)(H,20,24). The van der Waals surface area contributed by atoms with Crippen molar-refractivity contribution in [2.75, 3.05) is 25.5 Å². The number of hydrogen-bond acceptors (Lipinski definition) is 5. The molecule has 0 aliphatic heterocycles. The number of hydrogen-bond donors (Lipinski definition) is 2. The number of carbonyl (C=O) groups excluding carboxylic acids is 1. The van der Waals surface area contributed by atoms with Gasteiger partial charge in [0.1, 0.15) is 11.6 Å². The summed E-state index contributed by atoms with van der Waals surface area (Å²) >= 11 is 0. The molecule has 25 heavy (non-hydrogen) atoms. The molecule has 0 bridgehead atoms. The number of anilines is 1. The van der Waals surface area contributed by atoms with Gasteiger partial charge in [0, 0.05) is 31.0 Å². The van der Waals surface area contributed by atoms with E-state index >= 15 is 0 Å². The average molecular weight is 337 g/mol. The van der Waals surface area contributed by atoms with Crippen LogP contribution in [-0.2, 0) is 0 Å². The van der Waals surface area contributed by atoms with Crippen LogP contribution in [0.5, 0.6) is 5.75 Å². The average Bonchev–Trinajstić information content (AvgIpc) is 3.20. The van der Waals surface area contributed by atoms with Crippen molar-refractivity contribution in [1.29, 1.82) is 0 Å². The minimum Gasteiger partial charge on any atom is -0.497 e. The lowest BCUT2D eigenvalue weighted by atomic mass is 10.2. The molecular weight excluding hydrogens is 318 g/mol. The lowest BCUT2D eigenvalue weighted by Crippen LogP contribution is -2.28. The zero-order chi connectivity index (χ0) is 17.5. The fourth-order valence-corrected chi connectivity index (χ4v) is 2.28. The summed E-state index contributed by atoms with van der Waals surface area (Å²) in [6.45, 7) is 1.02. The molecule has 0 radical (unpaired) electrons. The van der Waals surface area contributed by atoms with Gasteiger partial charge in [0.15, 0.2) is 5.82 Å². The van der Waals surface area contributed by atoms with Crippen molar-refractivity contribution in [3.8, 4) is 11.6 Å². The summed E-state index contributed by atoms with van der Waals surface area (Å²) in [7, 11) is 1.57. The molecule has 1 aromatic carbocycles. The third-order valence-corrected chi connectivity index (χ3v) is 3.57. The van der Waals surface area contributed by atoms with Crippen LogP contribution < -0.4 is 15.4 Å². The Kier molecular flexibility index (Phi) is 5.26. The van der Waals surface area contributed by atoms with Crippen LogP contribution in [0.2, 0.25) is 0 Å². The molecule has 2 heterocycles. The Morgan fingerprint density at radius 3 is 2.64 bits per heavy atom. The molecule has 0 aliphatic carbocycles. The zero-order valence-corrected chi connectivity index (χ0v) is 13.8. The van der Waals surface area contributed by atoms with Crippen molar-refractivity contribution in [2.45, 2.75) is 0 Å². The smallest absolute Gasteiger partial charge is 0.251 e. The number of ether oxygens (including phenoxy) is 1. The molecule has 3 rings (SSSR count). The van der Waals surface area contributed by atoms with Crippen molar-refractivity contribution in [3.63, 3.8) is 0 Å². The Hall–Kier alpha value is -3.35. The summed E-state index contributed by atoms with van der Waals surface area (Å²) in [4.78, 5) is 12.1. The molecule has 0 aliphatic rings. The van der Waals surface area contributed by atoms with E-state index in [-0.39, 0.29) is 5.91 Å². The van der Waals surface area contributed by atoms with E-state index in [4.69, 9.17) is 4.74 Å². The third-order valence-electron chi connectivity index (χ3n) is 3.57. The first kappa shape index (κ1) is 16.5. The van der Waals surface area contributed by atoms with Crippen molar-refractivity contribution >= 4 is 11.7 Å². The van der Waals surface area contributed by atoms with Gasteiger partial charge in [0.05, 0.1) is 7.11 Å². The van der Waals surface area contributed by atoms with Gasteiger partial charge in [0.2, 0.25) is 0 Å². The summed E-state index contributed by atoms with van der Waals surface area (Å²) in [6, 6.07) is 14.6. The highest BCUT2D eigenvalue weighted by molar-refractivity contribution is 5.94. The van der Waals surface area contributed by atoms with Crippen LogP contribution in [0.3, 0.4) is 0 Å². The van der Waals surface area contributed by atoms with Gasteiger partial charge in [-0.2, -0.15) is 0 Å². The van der Waals surface area contributed by atoms with Crippen LogP contribution in [0.25, 0.3) is 5.82 Å². The fourth-order valence-electron chi connectivity index (χ4n) is 2.28. The number of benzene rings is 1. The molecule has 0 spiro atoms. The summed E-state index contributed by atoms with van der Waals surface area (Å²) < 4.78 is 7.00. The van der Waals surface area contributed by atoms with Gasteiger partial charge in [-0.25, -0.2) is 0 Å². The van der Waals surface area contributed by atoms with E-state index in [1.54, 1.807) is 31.4 Å². The Bertz CT molecular complexity index is 816. The number of methoxy groups -OCH3 is 1. The Balaban J connectivity index is 1.45. The van der Waals surface area contributed by atoms with Crippen LogP contribution in [0, 0.1) is 0 Å². The van der Waals surface area contributed by atoms with E-state index in [2.05, 4.69) is 20.8 Å². The summed E-state index contributed by atoms with van der Waals surface area (Å²) in [5.74, 6) is 1.92. The summed E-state index contributed by atoms with van der Waals surface area (Å²) in [6.07, 6.45) is 3.82. The van der Waals surface area contributed by atoms with E-state index in [1.165, 1.54) is 0 Å². The van der Waals surface area contributed by atoms with E-state index in [0.29, 0.717) is 30.2 Å². The van der Waals surface area contributed by atoms with Gasteiger partial charge >= 0.3 is 0 Å². The predicted octanol–water partition coefficient (Wildman–Crippen LogP) is 2.12. The highest BCUT2D eigenvalue weighted by Gasteiger charge is 2.06. The number of aromatic nitrogens is 3. The minimum atomic E-state index is -0.144. The maximum absolute atomic E-state index is 12.1. The number of nitrogens with one attached hydrogen (secondary N) is 2. The van der Waals surface area contributed by atoms with Crippen LogP contribution >= 0.6 is 0 Å². The van der Waals surface area contributed by atoms with Crippen molar-refractivity contribution in [2.24, 2.45) is 0 Å². The molecule has 7 nitrogen and oxygen atoms in total. The SMILES string of the molecule is COc1cccc(C(=O)NCCNc2ccc(-n3cccc3)nn2)c1. The van der Waals surface area contributed by atoms with Gasteiger partial charge in [-0.3, -0.25) is 4.79 Å². The molecule has 0 saturated carbocycles. The summed E-state index contributed by atoms with van der Waals surface area (Å²) in [5, 5.41) is 14.2. The van der Waals surface area contributed by atoms with Crippen LogP contribution in [0.1, 0.15) is 10.4 Å². The largest absolute Gasteiger partial charge is 0.497 e. The highest BCUT2D eigenvalue weighted by atomic mass is 16.5. The number of rotatable bonds is 7. The zero-order valence-electron chi connectivity index (χ0n) is 13.8. The molecule has 2 aromatic heterocycles. The molecule has 1 amide bonds. The number of amides is 1. The van der Waals surface area contributed by atoms with Crippen molar-refractivity contribution < 1.29 is 9.53 Å². The first-order chi connectivity index (χ1) is 12.3. The Morgan fingerprint density at radius 2 is 1.92 bits per heavy atom. The van der Waals surface area contributed by atoms with E-state index in [0.717, 1.165) is 5.82 Å². The van der Waals surface area contributed by atoms with Crippen LogP contribution in [0.15, 0.2) is 60.9 Å². The van der Waals surface area contributed by atoms with E-state index < -0.39 is 0 Å². The first-order valence-corrected chi connectivity index (χ1v) is 7.89. The quantitative estimate of drug-likeness (QED) is 0.646. The number of carbonyl (C=O) groups is 1. The van der Waals surface area contributed by atoms with Crippen molar-refractivity contribution in [3.05, 3.63) is 66.5 Å². The summed E-state index contributed by atoms with van der Waals surface area (Å²) in [5.41, 5.74) is 0.565. The number of nitrogens with zero attached hydrogens (tertiary/aromatic N) is 3. The molecule has 7 heteroatoms. The Morgan fingerprint density at radius 1 is 1.08 bits per heavy atom. The molecule has 3 aromatic rings. The lowest BCUT2D eigenvalue weighted by Gasteiger charge is -2.08. The van der Waals surface area contributed by atoms with Crippen LogP contribution in [-0.4, -0.2) is 40.9 Å². The highest BCUT2D eigenvalue weighted by Crippen LogP contribution is 2.12. The maximum atomic E-state index is 12.1. The van der Waals surface area contributed by atoms with Gasteiger partial charge in [-0.15, -0.1) is 10.2 Å². The molecule has 0 fully saturated rings. The van der Waals surface area contributed by atoms with Gasteiger partial charge in [0.25, 0.3) is 5.91 Å². The van der Waals surface area contributed by atoms with Crippen LogP contribution in [0.4, 0.5) is 5.82 Å². The second kappa shape index (κ2) is 7.96. The minimum absolute atomic E-state index is 0.144. The molecule has 2 N–H and O–H groups in total. The molecule has 0 unspecified atom stereocenters. The first-order valence-electron chi connectivity index (χ1n) is 7.89.